The van der Waals surface area contributed by atoms with E-state index in [9.17, 15) is 4.79 Å². The highest BCUT2D eigenvalue weighted by molar-refractivity contribution is 5.69. The maximum absolute atomic E-state index is 10.7. The maximum atomic E-state index is 10.7. The van der Waals surface area contributed by atoms with Gasteiger partial charge in [-0.3, -0.25) is 14.6 Å². The van der Waals surface area contributed by atoms with E-state index in [1.165, 1.54) is 12.8 Å². The number of aliphatic carboxylic acids is 1. The first kappa shape index (κ1) is 13.5. The summed E-state index contributed by atoms with van der Waals surface area (Å²) < 4.78 is 0. The largest absolute Gasteiger partial charge is 0.480 e. The number of carbonyl (C=O) groups is 1. The van der Waals surface area contributed by atoms with Gasteiger partial charge in [-0.05, 0) is 25.8 Å². The van der Waals surface area contributed by atoms with Crippen molar-refractivity contribution in [3.05, 3.63) is 0 Å². The van der Waals surface area contributed by atoms with Crippen molar-refractivity contribution in [1.82, 2.24) is 9.80 Å². The van der Waals surface area contributed by atoms with E-state index >= 15 is 0 Å². The van der Waals surface area contributed by atoms with Crippen LogP contribution >= 0.6 is 0 Å². The summed E-state index contributed by atoms with van der Waals surface area (Å²) >= 11 is 0. The van der Waals surface area contributed by atoms with Crippen molar-refractivity contribution in [2.24, 2.45) is 0 Å². The minimum absolute atomic E-state index is 0.191. The van der Waals surface area contributed by atoms with Crippen molar-refractivity contribution in [3.63, 3.8) is 0 Å². The molecule has 0 aromatic carbocycles. The number of carboxylic acids is 1. The number of rotatable bonds is 5. The van der Waals surface area contributed by atoms with Crippen LogP contribution in [-0.4, -0.2) is 59.6 Å². The summed E-state index contributed by atoms with van der Waals surface area (Å²) in [5.41, 5.74) is 0. The number of carboxylic acid groups (broad SMARTS) is 1. The molecule has 1 saturated heterocycles. The van der Waals surface area contributed by atoms with Crippen LogP contribution in [0.5, 0.6) is 0 Å². The summed E-state index contributed by atoms with van der Waals surface area (Å²) in [4.78, 5) is 15.2. The van der Waals surface area contributed by atoms with Gasteiger partial charge in [-0.1, -0.05) is 13.8 Å². The molecule has 0 spiro atoms. The van der Waals surface area contributed by atoms with E-state index in [2.05, 4.69) is 18.7 Å². The predicted molar refractivity (Wildman–Crippen MR) is 64.6 cm³/mol. The van der Waals surface area contributed by atoms with Crippen LogP contribution in [0.4, 0.5) is 0 Å². The molecule has 1 aliphatic heterocycles. The summed E-state index contributed by atoms with van der Waals surface area (Å²) in [6.45, 7) is 8.59. The molecule has 16 heavy (non-hydrogen) atoms. The molecule has 0 aromatic rings. The Bertz CT molecular complexity index is 217. The quantitative estimate of drug-likeness (QED) is 0.769. The predicted octanol–water partition coefficient (Wildman–Crippen LogP) is 1.27. The fourth-order valence-corrected chi connectivity index (χ4v) is 2.51. The van der Waals surface area contributed by atoms with Crippen LogP contribution in [0.1, 0.15) is 33.1 Å². The van der Waals surface area contributed by atoms with Crippen molar-refractivity contribution in [1.29, 1.82) is 0 Å². The Kier molecular flexibility index (Phi) is 5.77. The first-order valence-electron chi connectivity index (χ1n) is 6.35. The average Bonchev–Trinajstić information content (AvgIpc) is 2.45. The molecule has 0 radical (unpaired) electrons. The molecule has 4 heteroatoms. The smallest absolute Gasteiger partial charge is 0.317 e. The van der Waals surface area contributed by atoms with Gasteiger partial charge in [0.1, 0.15) is 0 Å². The SMILES string of the molecule is CCC(CC)N1CCCN(CC(=O)O)CC1. The standard InChI is InChI=1S/C12H24N2O2/c1-3-11(4-2)14-7-5-6-13(8-9-14)10-12(15)16/h11H,3-10H2,1-2H3,(H,15,16). The van der Waals surface area contributed by atoms with Crippen LogP contribution in [0.15, 0.2) is 0 Å². The lowest BCUT2D eigenvalue weighted by atomic mass is 10.1. The number of nitrogens with zero attached hydrogens (tertiary/aromatic N) is 2. The Hall–Kier alpha value is -0.610. The zero-order valence-corrected chi connectivity index (χ0v) is 10.5. The summed E-state index contributed by atoms with van der Waals surface area (Å²) in [6, 6.07) is 0.671. The lowest BCUT2D eigenvalue weighted by Gasteiger charge is -2.28. The van der Waals surface area contributed by atoms with E-state index in [-0.39, 0.29) is 6.54 Å². The summed E-state index contributed by atoms with van der Waals surface area (Å²) in [6.07, 6.45) is 3.47. The molecule has 94 valence electrons. The summed E-state index contributed by atoms with van der Waals surface area (Å²) in [5, 5.41) is 8.77. The Labute approximate surface area is 98.2 Å². The molecule has 1 fully saturated rings. The van der Waals surface area contributed by atoms with Gasteiger partial charge in [-0.25, -0.2) is 0 Å². The lowest BCUT2D eigenvalue weighted by Crippen LogP contribution is -2.38. The van der Waals surface area contributed by atoms with Gasteiger partial charge in [0.05, 0.1) is 6.54 Å². The van der Waals surface area contributed by atoms with E-state index in [4.69, 9.17) is 5.11 Å². The molecule has 0 aliphatic carbocycles. The van der Waals surface area contributed by atoms with Crippen molar-refractivity contribution >= 4 is 5.97 Å². The molecular weight excluding hydrogens is 204 g/mol. The molecule has 0 bridgehead atoms. The molecule has 1 heterocycles. The van der Waals surface area contributed by atoms with Crippen molar-refractivity contribution in [3.8, 4) is 0 Å². The normalized spacial score (nSPS) is 19.9. The third-order valence-corrected chi connectivity index (χ3v) is 3.44. The van der Waals surface area contributed by atoms with E-state index in [0.717, 1.165) is 32.6 Å². The van der Waals surface area contributed by atoms with Crippen molar-refractivity contribution in [2.75, 3.05) is 32.7 Å². The monoisotopic (exact) mass is 228 g/mol. The van der Waals surface area contributed by atoms with Crippen LogP contribution in [0.2, 0.25) is 0 Å². The molecule has 0 amide bonds. The molecule has 0 unspecified atom stereocenters. The van der Waals surface area contributed by atoms with Gasteiger partial charge in [-0.2, -0.15) is 0 Å². The highest BCUT2D eigenvalue weighted by Gasteiger charge is 2.20. The second kappa shape index (κ2) is 6.86. The zero-order chi connectivity index (χ0) is 12.0. The van der Waals surface area contributed by atoms with E-state index < -0.39 is 5.97 Å². The Morgan fingerprint density at radius 3 is 2.44 bits per heavy atom. The van der Waals surface area contributed by atoms with Gasteiger partial charge in [0.2, 0.25) is 0 Å². The van der Waals surface area contributed by atoms with Gasteiger partial charge in [0.25, 0.3) is 0 Å². The van der Waals surface area contributed by atoms with Gasteiger partial charge in [-0.15, -0.1) is 0 Å². The molecule has 0 saturated carbocycles. The second-order valence-electron chi connectivity index (χ2n) is 4.53. The van der Waals surface area contributed by atoms with Crippen molar-refractivity contribution in [2.45, 2.75) is 39.2 Å². The first-order valence-corrected chi connectivity index (χ1v) is 6.35. The third-order valence-electron chi connectivity index (χ3n) is 3.44. The molecule has 1 aliphatic rings. The fraction of sp³-hybridized carbons (Fsp3) is 0.917. The van der Waals surface area contributed by atoms with Crippen LogP contribution in [-0.2, 0) is 4.79 Å². The lowest BCUT2D eigenvalue weighted by molar-refractivity contribution is -0.138. The Morgan fingerprint density at radius 1 is 1.19 bits per heavy atom. The van der Waals surface area contributed by atoms with E-state index in [1.807, 2.05) is 4.90 Å². The Balaban J connectivity index is 2.42. The fourth-order valence-electron chi connectivity index (χ4n) is 2.51. The number of hydrogen-bond donors (Lipinski definition) is 1. The zero-order valence-electron chi connectivity index (χ0n) is 10.5. The van der Waals surface area contributed by atoms with E-state index in [1.54, 1.807) is 0 Å². The van der Waals surface area contributed by atoms with Crippen LogP contribution in [0.3, 0.4) is 0 Å². The minimum Gasteiger partial charge on any atom is -0.480 e. The molecule has 0 atom stereocenters. The van der Waals surface area contributed by atoms with Gasteiger partial charge < -0.3 is 5.11 Å². The Morgan fingerprint density at radius 2 is 1.88 bits per heavy atom. The summed E-state index contributed by atoms with van der Waals surface area (Å²) in [7, 11) is 0. The first-order chi connectivity index (χ1) is 7.67. The van der Waals surface area contributed by atoms with Gasteiger partial charge in [0, 0.05) is 25.7 Å². The third kappa shape index (κ3) is 4.10. The van der Waals surface area contributed by atoms with Gasteiger partial charge in [0.15, 0.2) is 0 Å². The minimum atomic E-state index is -0.712. The van der Waals surface area contributed by atoms with Crippen LogP contribution in [0, 0.1) is 0 Å². The van der Waals surface area contributed by atoms with Crippen LogP contribution < -0.4 is 0 Å². The highest BCUT2D eigenvalue weighted by atomic mass is 16.4. The molecule has 4 nitrogen and oxygen atoms in total. The topological polar surface area (TPSA) is 43.8 Å². The molecule has 0 aromatic heterocycles. The van der Waals surface area contributed by atoms with Crippen LogP contribution in [0.25, 0.3) is 0 Å². The molecular formula is C12H24N2O2. The van der Waals surface area contributed by atoms with Crippen molar-refractivity contribution < 1.29 is 9.90 Å². The second-order valence-corrected chi connectivity index (χ2v) is 4.53. The number of hydrogen-bond acceptors (Lipinski definition) is 3. The average molecular weight is 228 g/mol. The highest BCUT2D eigenvalue weighted by Crippen LogP contribution is 2.12. The summed E-state index contributed by atoms with van der Waals surface area (Å²) in [5.74, 6) is -0.712. The molecule has 1 N–H and O–H groups in total. The maximum Gasteiger partial charge on any atom is 0.317 e. The van der Waals surface area contributed by atoms with E-state index in [0.29, 0.717) is 6.04 Å². The molecule has 1 rings (SSSR count). The van der Waals surface area contributed by atoms with Gasteiger partial charge >= 0.3 is 5.97 Å².